The van der Waals surface area contributed by atoms with Gasteiger partial charge in [-0.2, -0.15) is 0 Å². The number of nitrogens with zero attached hydrogens (tertiary/aromatic N) is 1. The molecule has 0 fully saturated rings. The first kappa shape index (κ1) is 13.0. The van der Waals surface area contributed by atoms with Crippen molar-refractivity contribution in [3.63, 3.8) is 0 Å². The molecule has 3 aromatic rings. The maximum absolute atomic E-state index is 12.8. The Morgan fingerprint density at radius 3 is 2.76 bits per heavy atom. The zero-order valence-electron chi connectivity index (χ0n) is 10.8. The van der Waals surface area contributed by atoms with Crippen molar-refractivity contribution in [1.82, 2.24) is 9.97 Å². The van der Waals surface area contributed by atoms with E-state index in [0.29, 0.717) is 10.9 Å². The SMILES string of the molecule is O=C(Nc1ccc(F)cn1)c1c[nH]c2ccccc2c1=O. The monoisotopic (exact) mass is 283 g/mol. The molecule has 0 aliphatic rings. The molecular weight excluding hydrogens is 273 g/mol. The number of aromatic amines is 1. The fraction of sp³-hybridized carbons (Fsp3) is 0. The van der Waals surface area contributed by atoms with Crippen LogP contribution in [0.25, 0.3) is 10.9 Å². The van der Waals surface area contributed by atoms with Gasteiger partial charge in [-0.1, -0.05) is 12.1 Å². The Bertz CT molecular complexity index is 872. The van der Waals surface area contributed by atoms with Crippen LogP contribution in [0.15, 0.2) is 53.6 Å². The van der Waals surface area contributed by atoms with E-state index in [9.17, 15) is 14.0 Å². The summed E-state index contributed by atoms with van der Waals surface area (Å²) in [7, 11) is 0. The molecule has 5 nitrogen and oxygen atoms in total. The van der Waals surface area contributed by atoms with Gasteiger partial charge in [0.1, 0.15) is 17.2 Å². The van der Waals surface area contributed by atoms with Crippen molar-refractivity contribution in [1.29, 1.82) is 0 Å². The molecule has 0 atom stereocenters. The third-order valence-electron chi connectivity index (χ3n) is 3.00. The van der Waals surface area contributed by atoms with E-state index in [1.165, 1.54) is 18.3 Å². The molecule has 2 N–H and O–H groups in total. The second-order valence-electron chi connectivity index (χ2n) is 4.39. The Balaban J connectivity index is 1.96. The minimum Gasteiger partial charge on any atom is -0.360 e. The number of hydrogen-bond donors (Lipinski definition) is 2. The van der Waals surface area contributed by atoms with Crippen molar-refractivity contribution in [3.05, 3.63) is 70.4 Å². The summed E-state index contributed by atoms with van der Waals surface area (Å²) in [4.78, 5) is 31.0. The van der Waals surface area contributed by atoms with Gasteiger partial charge in [-0.3, -0.25) is 9.59 Å². The second-order valence-corrected chi connectivity index (χ2v) is 4.39. The average molecular weight is 283 g/mol. The molecule has 1 amide bonds. The number of para-hydroxylation sites is 1. The van der Waals surface area contributed by atoms with E-state index in [0.717, 1.165) is 6.20 Å². The summed E-state index contributed by atoms with van der Waals surface area (Å²) < 4.78 is 12.8. The Hall–Kier alpha value is -3.02. The smallest absolute Gasteiger partial charge is 0.262 e. The molecule has 0 saturated heterocycles. The number of fused-ring (bicyclic) bond motifs is 1. The van der Waals surface area contributed by atoms with Crippen molar-refractivity contribution in [2.24, 2.45) is 0 Å². The number of halogens is 1. The van der Waals surface area contributed by atoms with Gasteiger partial charge in [-0.15, -0.1) is 0 Å². The third kappa shape index (κ3) is 2.51. The highest BCUT2D eigenvalue weighted by Gasteiger charge is 2.13. The Labute approximate surface area is 118 Å². The lowest BCUT2D eigenvalue weighted by molar-refractivity contribution is 0.102. The number of anilines is 1. The average Bonchev–Trinajstić information content (AvgIpc) is 2.50. The fourth-order valence-corrected chi connectivity index (χ4v) is 1.97. The van der Waals surface area contributed by atoms with Crippen molar-refractivity contribution < 1.29 is 9.18 Å². The Morgan fingerprint density at radius 2 is 2.00 bits per heavy atom. The van der Waals surface area contributed by atoms with Gasteiger partial charge in [-0.25, -0.2) is 9.37 Å². The Morgan fingerprint density at radius 1 is 1.19 bits per heavy atom. The number of carbonyl (C=O) groups excluding carboxylic acids is 1. The molecule has 2 heterocycles. The summed E-state index contributed by atoms with van der Waals surface area (Å²) in [5.41, 5.74) is 0.253. The first-order valence-electron chi connectivity index (χ1n) is 6.18. The quantitative estimate of drug-likeness (QED) is 0.758. The lowest BCUT2D eigenvalue weighted by Crippen LogP contribution is -2.22. The fourth-order valence-electron chi connectivity index (χ4n) is 1.97. The van der Waals surface area contributed by atoms with Crippen LogP contribution in [0.5, 0.6) is 0 Å². The van der Waals surface area contributed by atoms with Gasteiger partial charge in [0.15, 0.2) is 0 Å². The van der Waals surface area contributed by atoms with E-state index in [2.05, 4.69) is 15.3 Å². The van der Waals surface area contributed by atoms with Crippen LogP contribution in [0.4, 0.5) is 10.2 Å². The first-order chi connectivity index (χ1) is 10.1. The molecule has 0 aliphatic carbocycles. The number of benzene rings is 1. The van der Waals surface area contributed by atoms with Gasteiger partial charge in [-0.05, 0) is 24.3 Å². The van der Waals surface area contributed by atoms with Crippen LogP contribution >= 0.6 is 0 Å². The number of H-pyrrole nitrogens is 1. The first-order valence-corrected chi connectivity index (χ1v) is 6.18. The van der Waals surface area contributed by atoms with E-state index in [-0.39, 0.29) is 16.8 Å². The third-order valence-corrected chi connectivity index (χ3v) is 3.00. The van der Waals surface area contributed by atoms with Crippen molar-refractivity contribution in [2.75, 3.05) is 5.32 Å². The summed E-state index contributed by atoms with van der Waals surface area (Å²) in [6.45, 7) is 0. The molecule has 0 radical (unpaired) electrons. The number of pyridine rings is 2. The van der Waals surface area contributed by atoms with E-state index in [1.807, 2.05) is 0 Å². The van der Waals surface area contributed by atoms with E-state index >= 15 is 0 Å². The van der Waals surface area contributed by atoms with Gasteiger partial charge in [0.05, 0.1) is 6.20 Å². The molecule has 0 saturated carbocycles. The topological polar surface area (TPSA) is 74.8 Å². The highest BCUT2D eigenvalue weighted by Crippen LogP contribution is 2.09. The van der Waals surface area contributed by atoms with Crippen LogP contribution in [-0.4, -0.2) is 15.9 Å². The zero-order chi connectivity index (χ0) is 14.8. The van der Waals surface area contributed by atoms with Gasteiger partial charge in [0, 0.05) is 17.1 Å². The number of hydrogen-bond acceptors (Lipinski definition) is 3. The summed E-state index contributed by atoms with van der Waals surface area (Å²) in [6, 6.07) is 9.40. The predicted molar refractivity (Wildman–Crippen MR) is 76.7 cm³/mol. The number of aromatic nitrogens is 2. The predicted octanol–water partition coefficient (Wildman–Crippen LogP) is 2.31. The molecule has 21 heavy (non-hydrogen) atoms. The van der Waals surface area contributed by atoms with Crippen molar-refractivity contribution in [2.45, 2.75) is 0 Å². The number of rotatable bonds is 2. The number of nitrogens with one attached hydrogen (secondary N) is 2. The summed E-state index contributed by atoms with van der Waals surface area (Å²) in [6.07, 6.45) is 2.34. The number of carbonyl (C=O) groups is 1. The van der Waals surface area contributed by atoms with Crippen LogP contribution in [0.1, 0.15) is 10.4 Å². The van der Waals surface area contributed by atoms with Gasteiger partial charge >= 0.3 is 0 Å². The molecule has 0 bridgehead atoms. The molecule has 1 aromatic carbocycles. The van der Waals surface area contributed by atoms with Gasteiger partial charge < -0.3 is 10.3 Å². The Kier molecular flexibility index (Phi) is 3.19. The van der Waals surface area contributed by atoms with Crippen molar-refractivity contribution in [3.8, 4) is 0 Å². The van der Waals surface area contributed by atoms with Crippen LogP contribution in [0, 0.1) is 5.82 Å². The molecule has 3 rings (SSSR count). The maximum atomic E-state index is 12.8. The van der Waals surface area contributed by atoms with E-state index in [1.54, 1.807) is 24.3 Å². The standard InChI is InChI=1S/C15H10FN3O2/c16-9-5-6-13(18-7-9)19-15(21)11-8-17-12-4-2-1-3-10(12)14(11)20/h1-8H,(H,17,20)(H,18,19,21). The summed E-state index contributed by atoms with van der Waals surface area (Å²) in [5.74, 6) is -0.924. The lowest BCUT2D eigenvalue weighted by atomic mass is 10.1. The molecule has 104 valence electrons. The highest BCUT2D eigenvalue weighted by atomic mass is 19.1. The van der Waals surface area contributed by atoms with Crippen LogP contribution in [0.3, 0.4) is 0 Å². The zero-order valence-corrected chi connectivity index (χ0v) is 10.8. The molecule has 6 heteroatoms. The lowest BCUT2D eigenvalue weighted by Gasteiger charge is -2.05. The largest absolute Gasteiger partial charge is 0.360 e. The van der Waals surface area contributed by atoms with Gasteiger partial charge in [0.25, 0.3) is 5.91 Å². The summed E-state index contributed by atoms with van der Waals surface area (Å²) in [5, 5.41) is 2.88. The molecule has 0 unspecified atom stereocenters. The van der Waals surface area contributed by atoms with Crippen molar-refractivity contribution >= 4 is 22.6 Å². The van der Waals surface area contributed by atoms with Gasteiger partial charge in [0.2, 0.25) is 5.43 Å². The maximum Gasteiger partial charge on any atom is 0.262 e. The van der Waals surface area contributed by atoms with Crippen LogP contribution in [0.2, 0.25) is 0 Å². The van der Waals surface area contributed by atoms with Crippen LogP contribution in [-0.2, 0) is 0 Å². The molecule has 2 aromatic heterocycles. The van der Waals surface area contributed by atoms with E-state index in [4.69, 9.17) is 0 Å². The molecule has 0 spiro atoms. The number of amides is 1. The summed E-state index contributed by atoms with van der Waals surface area (Å²) >= 11 is 0. The second kappa shape index (κ2) is 5.16. The minimum atomic E-state index is -0.596. The minimum absolute atomic E-state index is 0.0279. The normalized spacial score (nSPS) is 10.5. The highest BCUT2D eigenvalue weighted by molar-refractivity contribution is 6.05. The molecular formula is C15H10FN3O2. The van der Waals surface area contributed by atoms with E-state index < -0.39 is 11.7 Å². The molecule has 0 aliphatic heterocycles. The van der Waals surface area contributed by atoms with Crippen LogP contribution < -0.4 is 10.7 Å².